The van der Waals surface area contributed by atoms with Crippen molar-refractivity contribution in [3.05, 3.63) is 63.4 Å². The molecule has 7 heteroatoms. The van der Waals surface area contributed by atoms with E-state index in [0.717, 1.165) is 12.8 Å². The lowest BCUT2D eigenvalue weighted by Crippen LogP contribution is -2.35. The zero-order valence-corrected chi connectivity index (χ0v) is 15.3. The third-order valence-electron chi connectivity index (χ3n) is 4.21. The summed E-state index contributed by atoms with van der Waals surface area (Å²) in [6, 6.07) is 11.5. The summed E-state index contributed by atoms with van der Waals surface area (Å²) in [5, 5.41) is 12.6. The van der Waals surface area contributed by atoms with Gasteiger partial charge in [0.25, 0.3) is 0 Å². The predicted octanol–water partition coefficient (Wildman–Crippen LogP) is 4.61. The van der Waals surface area contributed by atoms with Crippen molar-refractivity contribution in [2.75, 3.05) is 11.9 Å². The van der Waals surface area contributed by atoms with Gasteiger partial charge in [-0.2, -0.15) is 5.26 Å². The summed E-state index contributed by atoms with van der Waals surface area (Å²) in [6.07, 6.45) is 1.92. The maximum atomic E-state index is 14.1. The molecule has 1 aliphatic carbocycles. The average molecular weight is 392 g/mol. The van der Waals surface area contributed by atoms with E-state index in [0.29, 0.717) is 26.9 Å². The van der Waals surface area contributed by atoms with Crippen LogP contribution in [0.1, 0.15) is 24.0 Å². The number of hydrogen-bond acceptors (Lipinski definition) is 3. The number of halogens is 3. The van der Waals surface area contributed by atoms with Crippen LogP contribution < -0.4 is 5.32 Å². The molecule has 0 aromatic heterocycles. The summed E-state index contributed by atoms with van der Waals surface area (Å²) < 4.78 is 14.1. The first kappa shape index (κ1) is 18.7. The smallest absolute Gasteiger partial charge is 0.238 e. The molecule has 0 unspecified atom stereocenters. The van der Waals surface area contributed by atoms with Gasteiger partial charge in [-0.05, 0) is 43.2 Å². The molecule has 1 N–H and O–H groups in total. The summed E-state index contributed by atoms with van der Waals surface area (Å²) in [5.74, 6) is -0.673. The summed E-state index contributed by atoms with van der Waals surface area (Å²) in [4.78, 5) is 14.4. The number of carbonyl (C=O) groups is 1. The Kier molecular flexibility index (Phi) is 5.77. The van der Waals surface area contributed by atoms with Crippen molar-refractivity contribution in [2.24, 2.45) is 0 Å². The summed E-state index contributed by atoms with van der Waals surface area (Å²) in [7, 11) is 0. The summed E-state index contributed by atoms with van der Waals surface area (Å²) >= 11 is 12.0. The van der Waals surface area contributed by atoms with E-state index in [9.17, 15) is 9.18 Å². The van der Waals surface area contributed by atoms with E-state index in [4.69, 9.17) is 28.5 Å². The third kappa shape index (κ3) is 4.53. The van der Waals surface area contributed by atoms with E-state index >= 15 is 0 Å². The average Bonchev–Trinajstić information content (AvgIpc) is 3.42. The highest BCUT2D eigenvalue weighted by Gasteiger charge is 2.31. The quantitative estimate of drug-likeness (QED) is 0.781. The lowest BCUT2D eigenvalue weighted by atomic mass is 10.2. The number of benzene rings is 2. The van der Waals surface area contributed by atoms with E-state index in [1.54, 1.807) is 24.3 Å². The van der Waals surface area contributed by atoms with Crippen molar-refractivity contribution in [1.82, 2.24) is 4.90 Å². The van der Waals surface area contributed by atoms with Crippen molar-refractivity contribution in [3.63, 3.8) is 0 Å². The largest absolute Gasteiger partial charge is 0.324 e. The standard InChI is InChI=1S/C19H16Cl2FN3O/c20-13-5-4-12(9-23)18(8-13)24-19(26)11-25(14-6-7-14)10-15-16(21)2-1-3-17(15)22/h1-5,8,14H,6-7,10-11H2,(H,24,26). The number of anilines is 1. The zero-order valence-electron chi connectivity index (χ0n) is 13.8. The first-order chi connectivity index (χ1) is 12.5. The normalized spacial score (nSPS) is 13.5. The van der Waals surface area contributed by atoms with Gasteiger partial charge in [-0.1, -0.05) is 29.3 Å². The molecule has 0 spiro atoms. The second-order valence-corrected chi connectivity index (χ2v) is 7.03. The molecule has 0 saturated heterocycles. The molecule has 0 atom stereocenters. The van der Waals surface area contributed by atoms with Crippen LogP contribution in [0.2, 0.25) is 10.0 Å². The maximum absolute atomic E-state index is 14.1. The van der Waals surface area contributed by atoms with E-state index in [-0.39, 0.29) is 30.9 Å². The Labute approximate surface area is 161 Å². The van der Waals surface area contributed by atoms with Gasteiger partial charge >= 0.3 is 0 Å². The molecule has 3 rings (SSSR count). The number of nitriles is 1. The van der Waals surface area contributed by atoms with E-state index < -0.39 is 0 Å². The molecule has 1 amide bonds. The van der Waals surface area contributed by atoms with Gasteiger partial charge in [0.05, 0.1) is 17.8 Å². The number of nitrogens with one attached hydrogen (secondary N) is 1. The van der Waals surface area contributed by atoms with E-state index in [1.165, 1.54) is 12.1 Å². The fraction of sp³-hybridized carbons (Fsp3) is 0.263. The van der Waals surface area contributed by atoms with Gasteiger partial charge in [0.1, 0.15) is 11.9 Å². The summed E-state index contributed by atoms with van der Waals surface area (Å²) in [5.41, 5.74) is 1.08. The van der Waals surface area contributed by atoms with Crippen LogP contribution in [0.4, 0.5) is 10.1 Å². The molecule has 2 aromatic rings. The lowest BCUT2D eigenvalue weighted by Gasteiger charge is -2.22. The molecule has 1 saturated carbocycles. The van der Waals surface area contributed by atoms with Gasteiger partial charge in [-0.25, -0.2) is 4.39 Å². The number of rotatable bonds is 6. The monoisotopic (exact) mass is 391 g/mol. The third-order valence-corrected chi connectivity index (χ3v) is 4.80. The Bertz CT molecular complexity index is 857. The lowest BCUT2D eigenvalue weighted by molar-refractivity contribution is -0.117. The SMILES string of the molecule is N#Cc1ccc(Cl)cc1NC(=O)CN(Cc1c(F)cccc1Cl)C1CC1. The molecule has 2 aromatic carbocycles. The Hall–Kier alpha value is -2.13. The number of hydrogen-bond donors (Lipinski definition) is 1. The van der Waals surface area contributed by atoms with Crippen LogP contribution in [0.5, 0.6) is 0 Å². The highest BCUT2D eigenvalue weighted by molar-refractivity contribution is 6.31. The second-order valence-electron chi connectivity index (χ2n) is 6.19. The van der Waals surface area contributed by atoms with Crippen LogP contribution in [0, 0.1) is 17.1 Å². The van der Waals surface area contributed by atoms with Crippen molar-refractivity contribution in [1.29, 1.82) is 5.26 Å². The van der Waals surface area contributed by atoms with Gasteiger partial charge in [-0.15, -0.1) is 0 Å². The fourth-order valence-corrected chi connectivity index (χ4v) is 3.13. The molecule has 1 aliphatic rings. The van der Waals surface area contributed by atoms with Gasteiger partial charge in [0.2, 0.25) is 5.91 Å². The van der Waals surface area contributed by atoms with Gasteiger partial charge in [-0.3, -0.25) is 9.69 Å². The molecule has 134 valence electrons. The first-order valence-electron chi connectivity index (χ1n) is 8.14. The van der Waals surface area contributed by atoms with Crippen molar-refractivity contribution >= 4 is 34.8 Å². The first-order valence-corrected chi connectivity index (χ1v) is 8.90. The molecule has 0 bridgehead atoms. The Morgan fingerprint density at radius 1 is 1.31 bits per heavy atom. The van der Waals surface area contributed by atoms with Crippen LogP contribution in [-0.4, -0.2) is 23.4 Å². The Morgan fingerprint density at radius 2 is 2.08 bits per heavy atom. The van der Waals surface area contributed by atoms with Crippen LogP contribution >= 0.6 is 23.2 Å². The van der Waals surface area contributed by atoms with Crippen molar-refractivity contribution in [2.45, 2.75) is 25.4 Å². The van der Waals surface area contributed by atoms with E-state index in [1.807, 2.05) is 11.0 Å². The molecule has 0 radical (unpaired) electrons. The minimum absolute atomic E-state index is 0.0761. The molecular weight excluding hydrogens is 376 g/mol. The van der Waals surface area contributed by atoms with Crippen LogP contribution in [0.25, 0.3) is 0 Å². The van der Waals surface area contributed by atoms with Gasteiger partial charge in [0, 0.05) is 28.2 Å². The molecular formula is C19H16Cl2FN3O. The highest BCUT2D eigenvalue weighted by Crippen LogP contribution is 2.30. The number of nitrogens with zero attached hydrogens (tertiary/aromatic N) is 2. The molecule has 0 heterocycles. The Morgan fingerprint density at radius 3 is 2.73 bits per heavy atom. The van der Waals surface area contributed by atoms with Crippen LogP contribution in [0.15, 0.2) is 36.4 Å². The fourth-order valence-electron chi connectivity index (χ4n) is 2.73. The Balaban J connectivity index is 1.72. The van der Waals surface area contributed by atoms with Crippen molar-refractivity contribution < 1.29 is 9.18 Å². The minimum Gasteiger partial charge on any atom is -0.324 e. The maximum Gasteiger partial charge on any atom is 0.238 e. The topological polar surface area (TPSA) is 56.1 Å². The predicted molar refractivity (Wildman–Crippen MR) is 99.6 cm³/mol. The molecule has 26 heavy (non-hydrogen) atoms. The van der Waals surface area contributed by atoms with Gasteiger partial charge in [0.15, 0.2) is 0 Å². The van der Waals surface area contributed by atoms with Crippen LogP contribution in [-0.2, 0) is 11.3 Å². The molecule has 4 nitrogen and oxygen atoms in total. The van der Waals surface area contributed by atoms with Crippen molar-refractivity contribution in [3.8, 4) is 6.07 Å². The number of carbonyl (C=O) groups excluding carboxylic acids is 1. The van der Waals surface area contributed by atoms with Crippen LogP contribution in [0.3, 0.4) is 0 Å². The van der Waals surface area contributed by atoms with Gasteiger partial charge < -0.3 is 5.32 Å². The summed E-state index contributed by atoms with van der Waals surface area (Å²) in [6.45, 7) is 0.330. The highest BCUT2D eigenvalue weighted by atomic mass is 35.5. The molecule has 1 fully saturated rings. The minimum atomic E-state index is -0.384. The van der Waals surface area contributed by atoms with E-state index in [2.05, 4.69) is 5.32 Å². The molecule has 0 aliphatic heterocycles. The number of amides is 1. The zero-order chi connectivity index (χ0) is 18.7. The second kappa shape index (κ2) is 8.05.